The van der Waals surface area contributed by atoms with E-state index >= 15 is 0 Å². The molecule has 0 heterocycles. The van der Waals surface area contributed by atoms with E-state index in [1.165, 1.54) is 19.3 Å². The first-order chi connectivity index (χ1) is 19.3. The van der Waals surface area contributed by atoms with Gasteiger partial charge in [0.15, 0.2) is 0 Å². The molecule has 7 rings (SSSR count). The first-order valence-electron chi connectivity index (χ1n) is 12.7. The molecular formula is C29H21Cl9O2S. The number of hydrogen-bond acceptors (Lipinski definition) is 2. The van der Waals surface area contributed by atoms with Gasteiger partial charge < -0.3 is 9.90 Å². The van der Waals surface area contributed by atoms with E-state index in [4.69, 9.17) is 104 Å². The van der Waals surface area contributed by atoms with Crippen molar-refractivity contribution in [2.24, 2.45) is 23.2 Å². The van der Waals surface area contributed by atoms with Crippen molar-refractivity contribution in [3.63, 3.8) is 0 Å². The van der Waals surface area contributed by atoms with Gasteiger partial charge in [-0.25, -0.2) is 0 Å². The molecule has 4 aliphatic rings. The second-order valence-electron chi connectivity index (χ2n) is 10.9. The Morgan fingerprint density at radius 3 is 1.02 bits per heavy atom. The summed E-state index contributed by atoms with van der Waals surface area (Å²) in [5, 5.41) is 14.1. The van der Waals surface area contributed by atoms with E-state index in [2.05, 4.69) is 0 Å². The van der Waals surface area contributed by atoms with Gasteiger partial charge in [-0.3, -0.25) is 0 Å². The lowest BCUT2D eigenvalue weighted by molar-refractivity contribution is -0.327. The molecule has 4 aliphatic carbocycles. The molecule has 3 aromatic rings. The maximum absolute atomic E-state index is 11.1. The van der Waals surface area contributed by atoms with Crippen LogP contribution in [0.15, 0.2) is 51.1 Å². The number of halogens is 9. The van der Waals surface area contributed by atoms with Gasteiger partial charge in [0.1, 0.15) is 10.9 Å². The van der Waals surface area contributed by atoms with E-state index < -0.39 is 22.3 Å². The first-order valence-corrected chi connectivity index (χ1v) is 17.3. The van der Waals surface area contributed by atoms with Crippen LogP contribution in [0.3, 0.4) is 0 Å². The number of rotatable bonds is 4. The summed E-state index contributed by atoms with van der Waals surface area (Å²) in [6, 6.07) is 9.42. The average Bonchev–Trinajstić information content (AvgIpc) is 2.81. The SMILES string of the molecule is Clc1cc(Cl)c([S+](c2c(Cl)cc(Cl)cc2Cl)c2c(Cl)cc(Cl)cc2Cl)c(Cl)c1.O=C([O-])C12CC3CC(CC(C3)C1)C2. The maximum Gasteiger partial charge on any atom is 0.203 e. The van der Waals surface area contributed by atoms with Gasteiger partial charge >= 0.3 is 0 Å². The minimum atomic E-state index is -1.08. The van der Waals surface area contributed by atoms with E-state index in [0.29, 0.717) is 77.6 Å². The van der Waals surface area contributed by atoms with E-state index in [1.54, 1.807) is 36.4 Å². The second kappa shape index (κ2) is 12.8. The van der Waals surface area contributed by atoms with Crippen LogP contribution >= 0.6 is 104 Å². The normalized spacial score (nSPS) is 24.4. The predicted octanol–water partition coefficient (Wildman–Crippen LogP) is 11.6. The quantitative estimate of drug-likeness (QED) is 0.249. The number of carbonyl (C=O) groups is 1. The smallest absolute Gasteiger partial charge is 0.203 e. The molecule has 0 aromatic heterocycles. The number of carbonyl (C=O) groups excluding carboxylic acids is 1. The Balaban J connectivity index is 0.000000213. The van der Waals surface area contributed by atoms with Crippen molar-refractivity contribution in [2.75, 3.05) is 0 Å². The van der Waals surface area contributed by atoms with Crippen molar-refractivity contribution < 1.29 is 9.90 Å². The third-order valence-corrected chi connectivity index (χ3v) is 13.6. The number of carboxylic acids is 1. The van der Waals surface area contributed by atoms with Gasteiger partial charge in [-0.1, -0.05) is 104 Å². The van der Waals surface area contributed by atoms with E-state index in [9.17, 15) is 9.90 Å². The summed E-state index contributed by atoms with van der Waals surface area (Å²) in [5.74, 6) is 1.38. The molecule has 2 nitrogen and oxygen atoms in total. The van der Waals surface area contributed by atoms with Gasteiger partial charge in [-0.05, 0) is 92.7 Å². The summed E-state index contributed by atoms with van der Waals surface area (Å²) in [7, 11) is -1.08. The fourth-order valence-corrected chi connectivity index (χ4v) is 12.8. The summed E-state index contributed by atoms with van der Waals surface area (Å²) in [5.41, 5.74) is -0.394. The summed E-state index contributed by atoms with van der Waals surface area (Å²) in [6.45, 7) is 0. The molecule has 4 fully saturated rings. The lowest BCUT2D eigenvalue weighted by atomic mass is 9.49. The zero-order valence-electron chi connectivity index (χ0n) is 21.1. The van der Waals surface area contributed by atoms with Gasteiger partial charge in [-0.2, -0.15) is 0 Å². The Morgan fingerprint density at radius 2 is 0.805 bits per heavy atom. The van der Waals surface area contributed by atoms with Crippen LogP contribution in [0.2, 0.25) is 45.2 Å². The molecule has 0 radical (unpaired) electrons. The molecule has 12 heteroatoms. The highest BCUT2D eigenvalue weighted by Gasteiger charge is 2.51. The molecule has 4 bridgehead atoms. The molecule has 4 saturated carbocycles. The fourth-order valence-electron chi connectivity index (χ4n) is 6.84. The van der Waals surface area contributed by atoms with Crippen molar-refractivity contribution >= 4 is 121 Å². The minimum Gasteiger partial charge on any atom is -0.550 e. The summed E-state index contributed by atoms with van der Waals surface area (Å²) in [6.07, 6.45) is 6.65. The van der Waals surface area contributed by atoms with Crippen molar-refractivity contribution in [3.05, 3.63) is 81.6 Å². The third kappa shape index (κ3) is 6.71. The highest BCUT2D eigenvalue weighted by atomic mass is 35.5. The number of carboxylic acid groups (broad SMARTS) is 1. The zero-order chi connectivity index (χ0) is 29.8. The molecule has 0 atom stereocenters. The van der Waals surface area contributed by atoms with Gasteiger partial charge in [0.25, 0.3) is 0 Å². The van der Waals surface area contributed by atoms with Gasteiger partial charge in [0, 0.05) is 26.5 Å². The number of hydrogen-bond donors (Lipinski definition) is 0. The van der Waals surface area contributed by atoms with Crippen LogP contribution in [-0.4, -0.2) is 5.97 Å². The highest BCUT2D eigenvalue weighted by Crippen LogP contribution is 2.59. The monoisotopic (exact) mass is 748 g/mol. The number of aliphatic carboxylic acids is 1. The lowest BCUT2D eigenvalue weighted by Crippen LogP contribution is -2.54. The van der Waals surface area contributed by atoms with E-state index in [0.717, 1.165) is 19.3 Å². The zero-order valence-corrected chi connectivity index (χ0v) is 28.7. The van der Waals surface area contributed by atoms with Crippen LogP contribution in [0.4, 0.5) is 0 Å². The maximum atomic E-state index is 11.1. The van der Waals surface area contributed by atoms with Crippen LogP contribution in [0, 0.1) is 23.2 Å². The van der Waals surface area contributed by atoms with Crippen molar-refractivity contribution in [2.45, 2.75) is 53.2 Å². The Hall–Kier alpha value is 0.0900. The van der Waals surface area contributed by atoms with Gasteiger partial charge in [0.2, 0.25) is 14.7 Å². The Kier molecular flexibility index (Phi) is 10.2. The molecule has 41 heavy (non-hydrogen) atoms. The standard InChI is InChI=1S/C18H6Cl9S.C11H16O2/c19-7-1-10(22)16(11(23)2-7)28(17-12(24)3-8(20)4-13(17)25)18-14(26)5-9(21)6-15(18)27;12-10(13)11-4-7-1-8(5-11)3-9(2-7)6-11/h1-6H;7-9H,1-6H2,(H,12,13)/q+1;/p-1. The fraction of sp³-hybridized carbons (Fsp3) is 0.345. The Bertz CT molecular complexity index is 1290. The van der Waals surface area contributed by atoms with Crippen LogP contribution in [0.5, 0.6) is 0 Å². The predicted molar refractivity (Wildman–Crippen MR) is 172 cm³/mol. The second-order valence-corrected chi connectivity index (χ2v) is 16.5. The minimum absolute atomic E-state index is 0.310. The van der Waals surface area contributed by atoms with Crippen molar-refractivity contribution in [3.8, 4) is 0 Å². The molecule has 0 aliphatic heterocycles. The van der Waals surface area contributed by atoms with Crippen molar-refractivity contribution in [1.29, 1.82) is 0 Å². The van der Waals surface area contributed by atoms with Gasteiger partial charge in [-0.15, -0.1) is 0 Å². The summed E-state index contributed by atoms with van der Waals surface area (Å²) < 4.78 is 0. The summed E-state index contributed by atoms with van der Waals surface area (Å²) >= 11 is 57.3. The number of benzene rings is 3. The average molecular weight is 753 g/mol. The highest BCUT2D eigenvalue weighted by molar-refractivity contribution is 7.97. The Labute approximate surface area is 286 Å². The van der Waals surface area contributed by atoms with Gasteiger partial charge in [0.05, 0.1) is 30.1 Å². The van der Waals surface area contributed by atoms with Crippen LogP contribution in [0.1, 0.15) is 38.5 Å². The third-order valence-electron chi connectivity index (χ3n) is 7.97. The molecular weight excluding hydrogens is 731 g/mol. The molecule has 0 unspecified atom stereocenters. The summed E-state index contributed by atoms with van der Waals surface area (Å²) in [4.78, 5) is 12.7. The largest absolute Gasteiger partial charge is 0.550 e. The lowest BCUT2D eigenvalue weighted by Gasteiger charge is -2.57. The van der Waals surface area contributed by atoms with Crippen molar-refractivity contribution in [1.82, 2.24) is 0 Å². The molecule has 0 saturated heterocycles. The van der Waals surface area contributed by atoms with Crippen LogP contribution in [-0.2, 0) is 15.7 Å². The van der Waals surface area contributed by atoms with E-state index in [-0.39, 0.29) is 0 Å². The molecule has 0 amide bonds. The molecule has 0 spiro atoms. The molecule has 218 valence electrons. The van der Waals surface area contributed by atoms with Crippen LogP contribution in [0.25, 0.3) is 0 Å². The topological polar surface area (TPSA) is 40.1 Å². The Morgan fingerprint density at radius 1 is 0.561 bits per heavy atom. The first kappa shape index (κ1) is 32.5. The molecule has 0 N–H and O–H groups in total. The van der Waals surface area contributed by atoms with E-state index in [1.807, 2.05) is 0 Å². The van der Waals surface area contributed by atoms with Crippen LogP contribution < -0.4 is 5.11 Å². The molecule has 3 aromatic carbocycles.